The van der Waals surface area contributed by atoms with Crippen molar-refractivity contribution in [3.05, 3.63) is 35.5 Å². The first-order chi connectivity index (χ1) is 9.72. The van der Waals surface area contributed by atoms with Gasteiger partial charge in [-0.25, -0.2) is 0 Å². The van der Waals surface area contributed by atoms with Crippen molar-refractivity contribution < 1.29 is 4.74 Å². The number of aromatic nitrogens is 2. The summed E-state index contributed by atoms with van der Waals surface area (Å²) >= 11 is 0. The van der Waals surface area contributed by atoms with Crippen molar-refractivity contribution in [3.63, 3.8) is 0 Å². The monoisotopic (exact) mass is 271 g/mol. The molecule has 0 bridgehead atoms. The van der Waals surface area contributed by atoms with Gasteiger partial charge in [0.25, 0.3) is 0 Å². The molecule has 4 nitrogen and oxygen atoms in total. The number of nitrogens with zero attached hydrogens (tertiary/aromatic N) is 2. The Hall–Kier alpha value is -1.81. The Morgan fingerprint density at radius 1 is 1.35 bits per heavy atom. The number of rotatable bonds is 3. The normalized spacial score (nSPS) is 14.4. The number of fused-ring (bicyclic) bond motifs is 1. The minimum Gasteiger partial charge on any atom is -0.493 e. The lowest BCUT2D eigenvalue weighted by atomic mass is 9.93. The molecule has 0 unspecified atom stereocenters. The molecule has 106 valence electrons. The first-order valence-corrected chi connectivity index (χ1v) is 7.15. The Balaban J connectivity index is 2.20. The second kappa shape index (κ2) is 5.29. The van der Waals surface area contributed by atoms with Crippen LogP contribution < -0.4 is 10.1 Å². The van der Waals surface area contributed by atoms with Crippen LogP contribution in [0.2, 0.25) is 0 Å². The summed E-state index contributed by atoms with van der Waals surface area (Å²) in [7, 11) is 1.71. The van der Waals surface area contributed by atoms with E-state index in [1.807, 2.05) is 6.20 Å². The van der Waals surface area contributed by atoms with Crippen LogP contribution in [-0.4, -0.2) is 23.4 Å². The highest BCUT2D eigenvalue weighted by Crippen LogP contribution is 2.36. The molecule has 1 aromatic carbocycles. The minimum absolute atomic E-state index is 0.312. The molecule has 0 fully saturated rings. The van der Waals surface area contributed by atoms with Crippen molar-refractivity contribution in [1.82, 2.24) is 15.1 Å². The van der Waals surface area contributed by atoms with Crippen molar-refractivity contribution in [2.75, 3.05) is 13.7 Å². The summed E-state index contributed by atoms with van der Waals surface area (Å²) in [5, 5.41) is 7.91. The Morgan fingerprint density at radius 2 is 2.20 bits per heavy atom. The highest BCUT2D eigenvalue weighted by molar-refractivity contribution is 5.71. The first kappa shape index (κ1) is 13.2. The number of benzene rings is 1. The first-order valence-electron chi connectivity index (χ1n) is 7.15. The summed E-state index contributed by atoms with van der Waals surface area (Å²) in [5.41, 5.74) is 5.16. The molecule has 0 aliphatic carbocycles. The van der Waals surface area contributed by atoms with Crippen LogP contribution in [0.5, 0.6) is 5.75 Å². The van der Waals surface area contributed by atoms with Crippen molar-refractivity contribution >= 4 is 0 Å². The van der Waals surface area contributed by atoms with Crippen LogP contribution >= 0.6 is 0 Å². The zero-order valence-corrected chi connectivity index (χ0v) is 12.3. The Morgan fingerprint density at radius 3 is 2.95 bits per heavy atom. The fourth-order valence-electron chi connectivity index (χ4n) is 2.90. The van der Waals surface area contributed by atoms with E-state index in [0.717, 1.165) is 31.0 Å². The van der Waals surface area contributed by atoms with Crippen LogP contribution in [0.4, 0.5) is 0 Å². The molecule has 4 heteroatoms. The number of hydrogen-bond acceptors (Lipinski definition) is 3. The predicted molar refractivity (Wildman–Crippen MR) is 80.0 cm³/mol. The Kier molecular flexibility index (Phi) is 3.49. The summed E-state index contributed by atoms with van der Waals surface area (Å²) < 4.78 is 7.57. The molecule has 1 aromatic heterocycles. The third-order valence-electron chi connectivity index (χ3n) is 3.87. The van der Waals surface area contributed by atoms with Gasteiger partial charge >= 0.3 is 0 Å². The van der Waals surface area contributed by atoms with Crippen LogP contribution in [0.1, 0.15) is 31.0 Å². The molecular formula is C16H21N3O. The largest absolute Gasteiger partial charge is 0.493 e. The average molecular weight is 271 g/mol. The van der Waals surface area contributed by atoms with Crippen LogP contribution in [0.25, 0.3) is 11.3 Å². The van der Waals surface area contributed by atoms with Gasteiger partial charge in [-0.2, -0.15) is 5.10 Å². The van der Waals surface area contributed by atoms with Crippen molar-refractivity contribution in [2.24, 2.45) is 0 Å². The van der Waals surface area contributed by atoms with Crippen LogP contribution in [0.15, 0.2) is 24.4 Å². The smallest absolute Gasteiger partial charge is 0.164 e. The van der Waals surface area contributed by atoms with Gasteiger partial charge in [0.2, 0.25) is 0 Å². The van der Waals surface area contributed by atoms with E-state index in [2.05, 4.69) is 47.1 Å². The zero-order valence-electron chi connectivity index (χ0n) is 12.3. The molecular weight excluding hydrogens is 250 g/mol. The Labute approximate surface area is 119 Å². The van der Waals surface area contributed by atoms with Crippen molar-refractivity contribution in [2.45, 2.75) is 32.9 Å². The summed E-state index contributed by atoms with van der Waals surface area (Å²) in [4.78, 5) is 0. The maximum Gasteiger partial charge on any atom is 0.164 e. The third-order valence-corrected chi connectivity index (χ3v) is 3.87. The number of nitrogens with one attached hydrogen (secondary N) is 1. The van der Waals surface area contributed by atoms with E-state index in [-0.39, 0.29) is 0 Å². The molecule has 0 radical (unpaired) electrons. The number of methoxy groups -OCH3 is 1. The van der Waals surface area contributed by atoms with Crippen molar-refractivity contribution in [1.29, 1.82) is 0 Å². The molecule has 2 heterocycles. The molecule has 1 aliphatic rings. The minimum atomic E-state index is 0.312. The van der Waals surface area contributed by atoms with E-state index in [9.17, 15) is 0 Å². The third kappa shape index (κ3) is 2.10. The van der Waals surface area contributed by atoms with Gasteiger partial charge in [-0.3, -0.25) is 4.68 Å². The van der Waals surface area contributed by atoms with Crippen molar-refractivity contribution in [3.8, 4) is 17.0 Å². The topological polar surface area (TPSA) is 39.1 Å². The second-order valence-electron chi connectivity index (χ2n) is 5.47. The molecule has 2 aromatic rings. The van der Waals surface area contributed by atoms with Gasteiger partial charge in [-0.15, -0.1) is 0 Å². The zero-order chi connectivity index (χ0) is 14.1. The van der Waals surface area contributed by atoms with Gasteiger partial charge in [0.15, 0.2) is 5.75 Å². The standard InChI is InChI=1S/C16H21N3O/c1-11(2)19-16(15(20-3)10-18-19)14-6-4-5-12-9-17-8-7-13(12)14/h4-6,10-11,17H,7-9H2,1-3H3. The maximum atomic E-state index is 5.52. The van der Waals surface area contributed by atoms with E-state index in [1.54, 1.807) is 7.11 Å². The van der Waals surface area contributed by atoms with Crippen LogP contribution in [0, 0.1) is 0 Å². The predicted octanol–water partition coefficient (Wildman–Crippen LogP) is 2.79. The van der Waals surface area contributed by atoms with Crippen LogP contribution in [0.3, 0.4) is 0 Å². The quantitative estimate of drug-likeness (QED) is 0.933. The lowest BCUT2D eigenvalue weighted by molar-refractivity contribution is 0.415. The summed E-state index contributed by atoms with van der Waals surface area (Å²) in [6.07, 6.45) is 2.87. The maximum absolute atomic E-state index is 5.52. The number of ether oxygens (including phenoxy) is 1. The van der Waals surface area contributed by atoms with Crippen LogP contribution in [-0.2, 0) is 13.0 Å². The lowest BCUT2D eigenvalue weighted by Crippen LogP contribution is -2.24. The Bertz CT molecular complexity index is 616. The van der Waals surface area contributed by atoms with E-state index in [4.69, 9.17) is 4.74 Å². The molecule has 0 atom stereocenters. The van der Waals surface area contributed by atoms with Gasteiger partial charge in [0.1, 0.15) is 5.69 Å². The van der Waals surface area contributed by atoms with Gasteiger partial charge in [0, 0.05) is 18.2 Å². The van der Waals surface area contributed by atoms with E-state index < -0.39 is 0 Å². The molecule has 20 heavy (non-hydrogen) atoms. The lowest BCUT2D eigenvalue weighted by Gasteiger charge is -2.22. The van der Waals surface area contributed by atoms with E-state index in [0.29, 0.717) is 6.04 Å². The highest BCUT2D eigenvalue weighted by atomic mass is 16.5. The van der Waals surface area contributed by atoms with E-state index >= 15 is 0 Å². The average Bonchev–Trinajstić information content (AvgIpc) is 2.90. The SMILES string of the molecule is COc1cnn(C(C)C)c1-c1cccc2c1CCNC2. The van der Waals surface area contributed by atoms with Gasteiger partial charge < -0.3 is 10.1 Å². The molecule has 1 N–H and O–H groups in total. The molecule has 0 saturated carbocycles. The summed E-state index contributed by atoms with van der Waals surface area (Å²) in [5.74, 6) is 0.852. The summed E-state index contributed by atoms with van der Waals surface area (Å²) in [6, 6.07) is 6.82. The van der Waals surface area contributed by atoms with Gasteiger partial charge in [-0.05, 0) is 37.9 Å². The highest BCUT2D eigenvalue weighted by Gasteiger charge is 2.21. The molecule has 0 amide bonds. The molecule has 0 spiro atoms. The molecule has 1 aliphatic heterocycles. The molecule has 0 saturated heterocycles. The van der Waals surface area contributed by atoms with Gasteiger partial charge in [-0.1, -0.05) is 18.2 Å². The molecule has 3 rings (SSSR count). The van der Waals surface area contributed by atoms with Gasteiger partial charge in [0.05, 0.1) is 13.3 Å². The number of hydrogen-bond donors (Lipinski definition) is 1. The summed E-state index contributed by atoms with van der Waals surface area (Å²) in [6.45, 7) is 6.27. The van der Waals surface area contributed by atoms with E-state index in [1.165, 1.54) is 16.7 Å². The fraction of sp³-hybridized carbons (Fsp3) is 0.438. The second-order valence-corrected chi connectivity index (χ2v) is 5.47. The fourth-order valence-corrected chi connectivity index (χ4v) is 2.90.